The molecule has 24 heteroatoms. The molecule has 0 bridgehead atoms. The molecule has 0 fully saturated rings. The maximum absolute atomic E-state index is 16.4. The number of amides is 1. The molecule has 8 rings (SSSR count). The van der Waals surface area contributed by atoms with E-state index in [-0.39, 0.29) is 49.1 Å². The van der Waals surface area contributed by atoms with Crippen molar-refractivity contribution in [3.05, 3.63) is 131 Å². The molecular formula is C50H61N11O10S2Si. The fourth-order valence-electron chi connectivity index (χ4n) is 8.40. The molecule has 7 aromatic rings. The second-order valence-electron chi connectivity index (χ2n) is 19.3. The number of rotatable bonds is 21. The van der Waals surface area contributed by atoms with Crippen LogP contribution in [0, 0.1) is 0 Å². The summed E-state index contributed by atoms with van der Waals surface area (Å²) in [5.41, 5.74) is 3.78. The summed E-state index contributed by atoms with van der Waals surface area (Å²) in [7, 11) is -7.89. The summed E-state index contributed by atoms with van der Waals surface area (Å²) < 4.78 is 93.7. The molecule has 1 atom stereocenters. The van der Waals surface area contributed by atoms with E-state index in [1.807, 2.05) is 61.5 Å². The zero-order valence-electron chi connectivity index (χ0n) is 42.5. The zero-order chi connectivity index (χ0) is 53.0. The van der Waals surface area contributed by atoms with Crippen LogP contribution in [-0.4, -0.2) is 122 Å². The highest BCUT2D eigenvalue weighted by Crippen LogP contribution is 2.43. The summed E-state index contributed by atoms with van der Waals surface area (Å²) in [6.45, 7) is 9.48. The van der Waals surface area contributed by atoms with Crippen LogP contribution in [0.15, 0.2) is 113 Å². The Kier molecular flexibility index (Phi) is 15.8. The van der Waals surface area contributed by atoms with Gasteiger partial charge in [0.25, 0.3) is 0 Å². The number of imidazole rings is 1. The van der Waals surface area contributed by atoms with Gasteiger partial charge in [0.2, 0.25) is 25.8 Å². The first kappa shape index (κ1) is 53.3. The molecule has 0 saturated carbocycles. The van der Waals surface area contributed by atoms with Gasteiger partial charge >= 0.3 is 6.09 Å². The van der Waals surface area contributed by atoms with Crippen LogP contribution in [-0.2, 0) is 57.1 Å². The Balaban J connectivity index is 1.36. The highest BCUT2D eigenvalue weighted by Gasteiger charge is 2.42. The van der Waals surface area contributed by atoms with E-state index in [9.17, 15) is 9.90 Å². The summed E-state index contributed by atoms with van der Waals surface area (Å²) in [5.74, 6) is 2.19. The first-order valence-corrected chi connectivity index (χ1v) is 29.6. The van der Waals surface area contributed by atoms with Gasteiger partial charge in [-0.2, -0.15) is 4.31 Å². The topological polar surface area (TPSA) is 247 Å². The number of hydrogen-bond acceptors (Lipinski definition) is 15. The predicted octanol–water partition coefficient (Wildman–Crippen LogP) is 6.35. The van der Waals surface area contributed by atoms with E-state index in [2.05, 4.69) is 30.5 Å². The normalized spacial score (nSPS) is 13.7. The van der Waals surface area contributed by atoms with E-state index in [1.54, 1.807) is 86.1 Å². The van der Waals surface area contributed by atoms with Gasteiger partial charge in [-0.05, 0) is 99.8 Å². The largest absolute Gasteiger partial charge is 0.497 e. The van der Waals surface area contributed by atoms with Crippen LogP contribution in [0.2, 0.25) is 18.1 Å². The summed E-state index contributed by atoms with van der Waals surface area (Å²) in [6, 6.07) is 25.7. The minimum Gasteiger partial charge on any atom is -0.497 e. The smallest absolute Gasteiger partial charge is 0.404 e. The molecular weight excluding hydrogens is 1010 g/mol. The molecule has 1 unspecified atom stereocenters. The number of tetrazole rings is 1. The number of benzene rings is 4. The minimum absolute atomic E-state index is 0.0318. The van der Waals surface area contributed by atoms with Crippen LogP contribution in [0.5, 0.6) is 17.2 Å². The van der Waals surface area contributed by atoms with E-state index in [1.165, 1.54) is 29.3 Å². The van der Waals surface area contributed by atoms with Crippen molar-refractivity contribution in [1.82, 2.24) is 48.9 Å². The number of nitrogens with zero attached hydrogens (tertiary/aromatic N) is 9. The molecule has 3 N–H and O–H groups in total. The second-order valence-corrected chi connectivity index (χ2v) is 27.6. The monoisotopic (exact) mass is 1070 g/mol. The van der Waals surface area contributed by atoms with Crippen molar-refractivity contribution in [2.75, 3.05) is 45.9 Å². The fraction of sp³-hybridized carbons (Fsp3) is 0.360. The lowest BCUT2D eigenvalue weighted by atomic mass is 10.1. The Morgan fingerprint density at radius 1 is 0.838 bits per heavy atom. The summed E-state index contributed by atoms with van der Waals surface area (Å²) in [4.78, 5) is 21.8. The van der Waals surface area contributed by atoms with Crippen molar-refractivity contribution in [3.63, 3.8) is 0 Å². The molecule has 0 spiro atoms. The van der Waals surface area contributed by atoms with Crippen molar-refractivity contribution in [1.29, 1.82) is 0 Å². The van der Waals surface area contributed by atoms with E-state index >= 15 is 16.8 Å². The maximum atomic E-state index is 16.4. The molecule has 4 heterocycles. The molecule has 0 radical (unpaired) electrons. The third-order valence-electron chi connectivity index (χ3n) is 13.4. The molecule has 21 nitrogen and oxygen atoms in total. The van der Waals surface area contributed by atoms with E-state index in [0.29, 0.717) is 52.8 Å². The number of ether oxygens (including phenoxy) is 3. The van der Waals surface area contributed by atoms with Crippen molar-refractivity contribution in [2.24, 2.45) is 0 Å². The Hall–Kier alpha value is -6.96. The fourth-order valence-corrected chi connectivity index (χ4v) is 13.2. The SMILES string of the molecule is COc1ccc(CN(Cc2ccc(OC)cc2)S(=O)(=O)c2c(S(=O)(=O)NCC(CNC(=O)O)O[Si](C)(C)C(C)(C)C)ccc(N3CCc4nc5ncccn5c4C3)c2-c2nnnn2Cc2ccc(OC)cc2)cc1. The molecule has 1 amide bonds. The van der Waals surface area contributed by atoms with E-state index in [0.717, 1.165) is 17.0 Å². The van der Waals surface area contributed by atoms with Gasteiger partial charge in [-0.25, -0.2) is 41.0 Å². The average Bonchev–Trinajstić information content (AvgIpc) is 4.00. The van der Waals surface area contributed by atoms with E-state index in [4.69, 9.17) is 23.6 Å². The first-order chi connectivity index (χ1) is 35.2. The number of fused-ring (bicyclic) bond motifs is 3. The molecule has 0 aliphatic carbocycles. The number of anilines is 1. The van der Waals surface area contributed by atoms with Crippen molar-refractivity contribution < 1.29 is 45.4 Å². The van der Waals surface area contributed by atoms with Gasteiger partial charge in [-0.3, -0.25) is 4.40 Å². The highest BCUT2D eigenvalue weighted by molar-refractivity contribution is 7.92. The van der Waals surface area contributed by atoms with Crippen LogP contribution >= 0.6 is 0 Å². The van der Waals surface area contributed by atoms with Crippen LogP contribution in [0.3, 0.4) is 0 Å². The number of nitrogens with one attached hydrogen (secondary N) is 2. The van der Waals surface area contributed by atoms with Crippen molar-refractivity contribution in [2.45, 2.75) is 87.4 Å². The second kappa shape index (κ2) is 21.9. The summed E-state index contributed by atoms with van der Waals surface area (Å²) in [5, 5.41) is 24.6. The number of carbonyl (C=O) groups is 1. The number of carboxylic acid groups (broad SMARTS) is 1. The third kappa shape index (κ3) is 11.7. The molecule has 4 aromatic carbocycles. The molecule has 3 aromatic heterocycles. The number of hydrogen-bond donors (Lipinski definition) is 3. The Morgan fingerprint density at radius 2 is 1.43 bits per heavy atom. The minimum atomic E-state index is -4.99. The van der Waals surface area contributed by atoms with Gasteiger partial charge in [0.1, 0.15) is 27.0 Å². The lowest BCUT2D eigenvalue weighted by Crippen LogP contribution is -2.50. The quantitative estimate of drug-likeness (QED) is 0.0664. The maximum Gasteiger partial charge on any atom is 0.404 e. The van der Waals surface area contributed by atoms with Crippen molar-refractivity contribution in [3.8, 4) is 28.6 Å². The lowest BCUT2D eigenvalue weighted by molar-refractivity contribution is 0.163. The Labute approximate surface area is 431 Å². The van der Waals surface area contributed by atoms with Crippen molar-refractivity contribution >= 4 is 45.9 Å². The Morgan fingerprint density at radius 3 is 2.00 bits per heavy atom. The van der Waals surface area contributed by atoms with E-state index < -0.39 is 56.9 Å². The highest BCUT2D eigenvalue weighted by atomic mass is 32.2. The molecule has 1 aliphatic heterocycles. The molecule has 1 aliphatic rings. The molecule has 392 valence electrons. The Bertz CT molecular complexity index is 3280. The summed E-state index contributed by atoms with van der Waals surface area (Å²) in [6.07, 6.45) is 1.65. The van der Waals surface area contributed by atoms with Gasteiger partial charge in [-0.15, -0.1) is 5.10 Å². The molecule has 0 saturated heterocycles. The lowest BCUT2D eigenvalue weighted by Gasteiger charge is -2.39. The van der Waals surface area contributed by atoms with Gasteiger partial charge < -0.3 is 34.0 Å². The standard InChI is InChI=1S/C50H61N11O10S2Si/c1-50(2,3)74(7,8)71-40(28-52-49(62)63)29-53-72(64,65)44-23-22-42(58-27-24-41-43(33-58)60-26-9-25-51-48(60)54-41)45(47-55-56-57-61(47)32-36-14-20-39(70-6)21-15-36)46(44)73(66,67)59(30-34-10-16-37(68-4)17-11-34)31-35-12-18-38(69-5)19-13-35/h9-23,25-26,40,52-53H,24,27-33H2,1-8H3,(H,62,63). The van der Waals surface area contributed by atoms with Crippen LogP contribution in [0.4, 0.5) is 10.5 Å². The first-order valence-electron chi connectivity index (χ1n) is 23.7. The van der Waals surface area contributed by atoms with Gasteiger partial charge in [0.15, 0.2) is 14.1 Å². The number of sulfonamides is 2. The van der Waals surface area contributed by atoms with Crippen LogP contribution < -0.4 is 29.1 Å². The average molecular weight is 1070 g/mol. The number of aromatic nitrogens is 7. The number of methoxy groups -OCH3 is 3. The summed E-state index contributed by atoms with van der Waals surface area (Å²) >= 11 is 0. The molecule has 74 heavy (non-hydrogen) atoms. The van der Waals surface area contributed by atoms with Crippen LogP contribution in [0.25, 0.3) is 17.2 Å². The van der Waals surface area contributed by atoms with Gasteiger partial charge in [0.05, 0.1) is 57.5 Å². The third-order valence-corrected chi connectivity index (χ3v) is 21.4. The van der Waals surface area contributed by atoms with Gasteiger partial charge in [-0.1, -0.05) is 57.2 Å². The zero-order valence-corrected chi connectivity index (χ0v) is 45.1. The predicted molar refractivity (Wildman–Crippen MR) is 279 cm³/mol. The van der Waals surface area contributed by atoms with Crippen LogP contribution in [0.1, 0.15) is 48.8 Å². The van der Waals surface area contributed by atoms with Gasteiger partial charge in [0, 0.05) is 57.2 Å².